The van der Waals surface area contributed by atoms with Crippen molar-refractivity contribution < 1.29 is 8.42 Å². The molecule has 1 atom stereocenters. The number of hydrogen-bond donors (Lipinski definition) is 1. The molecule has 0 spiro atoms. The molecule has 1 aromatic carbocycles. The summed E-state index contributed by atoms with van der Waals surface area (Å²) in [6.45, 7) is 5.43. The van der Waals surface area contributed by atoms with Crippen LogP contribution in [0.5, 0.6) is 0 Å². The first-order chi connectivity index (χ1) is 9.73. The van der Waals surface area contributed by atoms with E-state index in [0.29, 0.717) is 16.1 Å². The van der Waals surface area contributed by atoms with Gasteiger partial charge >= 0.3 is 0 Å². The summed E-state index contributed by atoms with van der Waals surface area (Å²) in [5.41, 5.74) is 7.96. The van der Waals surface area contributed by atoms with E-state index < -0.39 is 10.0 Å². The van der Waals surface area contributed by atoms with Crippen LogP contribution < -0.4 is 5.73 Å². The number of sulfonamides is 1. The summed E-state index contributed by atoms with van der Waals surface area (Å²) in [5, 5.41) is 0. The number of hydrogen-bond acceptors (Lipinski definition) is 4. The highest BCUT2D eigenvalue weighted by atomic mass is 32.2. The molecule has 2 rings (SSSR count). The average molecular weight is 311 g/mol. The Kier molecular flexibility index (Phi) is 4.60. The van der Waals surface area contributed by atoms with Crippen LogP contribution in [0.25, 0.3) is 0 Å². The van der Waals surface area contributed by atoms with Gasteiger partial charge in [0.15, 0.2) is 0 Å². The van der Waals surface area contributed by atoms with Crippen molar-refractivity contribution in [3.8, 4) is 0 Å². The zero-order chi connectivity index (χ0) is 15.8. The van der Waals surface area contributed by atoms with E-state index in [0.717, 1.165) is 31.5 Å². The smallest absolute Gasteiger partial charge is 0.243 e. The van der Waals surface area contributed by atoms with Gasteiger partial charge in [0.05, 0.1) is 4.90 Å². The molecule has 1 unspecified atom stereocenters. The molecule has 1 fully saturated rings. The molecule has 0 amide bonds. The summed E-state index contributed by atoms with van der Waals surface area (Å²) in [4.78, 5) is 2.51. The second-order valence-corrected chi connectivity index (χ2v) is 8.02. The standard InChI is InChI=1S/C15H25N3O2S/c1-11-8-14(16)12(2)15(9-11)21(19,20)18(4)13-6-5-7-17(3)10-13/h8-9,13H,5-7,10,16H2,1-4H3. The summed E-state index contributed by atoms with van der Waals surface area (Å²) in [6, 6.07) is 3.54. The molecule has 5 nitrogen and oxygen atoms in total. The Labute approximate surface area is 127 Å². The highest BCUT2D eigenvalue weighted by Gasteiger charge is 2.31. The van der Waals surface area contributed by atoms with Crippen molar-refractivity contribution >= 4 is 15.7 Å². The Hall–Kier alpha value is -1.11. The van der Waals surface area contributed by atoms with Crippen LogP contribution in [-0.4, -0.2) is 50.8 Å². The Morgan fingerprint density at radius 1 is 1.33 bits per heavy atom. The number of aryl methyl sites for hydroxylation is 1. The van der Waals surface area contributed by atoms with Crippen molar-refractivity contribution in [3.63, 3.8) is 0 Å². The quantitative estimate of drug-likeness (QED) is 0.861. The van der Waals surface area contributed by atoms with E-state index in [4.69, 9.17) is 5.73 Å². The third kappa shape index (κ3) is 3.22. The highest BCUT2D eigenvalue weighted by Crippen LogP contribution is 2.28. The van der Waals surface area contributed by atoms with Crippen molar-refractivity contribution in [3.05, 3.63) is 23.3 Å². The molecule has 0 bridgehead atoms. The van der Waals surface area contributed by atoms with Crippen LogP contribution in [0.15, 0.2) is 17.0 Å². The van der Waals surface area contributed by atoms with Gasteiger partial charge < -0.3 is 10.6 Å². The molecule has 118 valence electrons. The number of nitrogens with two attached hydrogens (primary N) is 1. The van der Waals surface area contributed by atoms with E-state index in [9.17, 15) is 8.42 Å². The number of benzene rings is 1. The molecule has 2 N–H and O–H groups in total. The fourth-order valence-electron chi connectivity index (χ4n) is 2.91. The van der Waals surface area contributed by atoms with E-state index in [1.54, 1.807) is 20.0 Å². The van der Waals surface area contributed by atoms with Crippen LogP contribution in [0.4, 0.5) is 5.69 Å². The molecular weight excluding hydrogens is 286 g/mol. The van der Waals surface area contributed by atoms with Crippen molar-refractivity contribution in [1.82, 2.24) is 9.21 Å². The number of piperidine rings is 1. The lowest BCUT2D eigenvalue weighted by molar-refractivity contribution is 0.187. The molecule has 1 aliphatic rings. The number of likely N-dealkylation sites (N-methyl/N-ethyl adjacent to an activating group) is 2. The summed E-state index contributed by atoms with van der Waals surface area (Å²) in [5.74, 6) is 0. The van der Waals surface area contributed by atoms with Gasteiger partial charge in [-0.25, -0.2) is 8.42 Å². The maximum atomic E-state index is 12.9. The Morgan fingerprint density at radius 3 is 2.62 bits per heavy atom. The summed E-state index contributed by atoms with van der Waals surface area (Å²) >= 11 is 0. The molecule has 6 heteroatoms. The van der Waals surface area contributed by atoms with E-state index in [1.165, 1.54) is 4.31 Å². The van der Waals surface area contributed by atoms with Crippen LogP contribution in [0.3, 0.4) is 0 Å². The summed E-state index contributed by atoms with van der Waals surface area (Å²) in [7, 11) is 0.197. The van der Waals surface area contributed by atoms with Crippen molar-refractivity contribution in [2.75, 3.05) is 32.9 Å². The SMILES string of the molecule is Cc1cc(N)c(C)c(S(=O)(=O)N(C)C2CCCN(C)C2)c1. The number of likely N-dealkylation sites (tertiary alicyclic amines) is 1. The first kappa shape index (κ1) is 16.3. The third-order valence-electron chi connectivity index (χ3n) is 4.32. The Morgan fingerprint density at radius 2 is 2.00 bits per heavy atom. The number of anilines is 1. The van der Waals surface area contributed by atoms with E-state index in [2.05, 4.69) is 4.90 Å². The number of nitrogens with zero attached hydrogens (tertiary/aromatic N) is 2. The fraction of sp³-hybridized carbons (Fsp3) is 0.600. The van der Waals surface area contributed by atoms with Crippen LogP contribution in [-0.2, 0) is 10.0 Å². The molecule has 0 aromatic heterocycles. The molecule has 0 radical (unpaired) electrons. The highest BCUT2D eigenvalue weighted by molar-refractivity contribution is 7.89. The summed E-state index contributed by atoms with van der Waals surface area (Å²) < 4.78 is 27.3. The van der Waals surface area contributed by atoms with E-state index in [-0.39, 0.29) is 6.04 Å². The van der Waals surface area contributed by atoms with Gasteiger partial charge in [0, 0.05) is 25.3 Å². The zero-order valence-electron chi connectivity index (χ0n) is 13.3. The van der Waals surface area contributed by atoms with Crippen LogP contribution >= 0.6 is 0 Å². The number of rotatable bonds is 3. The zero-order valence-corrected chi connectivity index (χ0v) is 14.1. The lowest BCUT2D eigenvalue weighted by atomic mass is 10.1. The largest absolute Gasteiger partial charge is 0.398 e. The average Bonchev–Trinajstić information content (AvgIpc) is 2.41. The maximum absolute atomic E-state index is 12.9. The minimum atomic E-state index is -3.51. The molecule has 0 saturated carbocycles. The fourth-order valence-corrected chi connectivity index (χ4v) is 4.62. The minimum absolute atomic E-state index is 0.0230. The first-order valence-electron chi connectivity index (χ1n) is 7.26. The van der Waals surface area contributed by atoms with Crippen LogP contribution in [0.1, 0.15) is 24.0 Å². The molecule has 0 aliphatic carbocycles. The molecule has 1 saturated heterocycles. The molecular formula is C15H25N3O2S. The normalized spacial score (nSPS) is 20.9. The molecule has 21 heavy (non-hydrogen) atoms. The van der Waals surface area contributed by atoms with Gasteiger partial charge in [-0.15, -0.1) is 0 Å². The van der Waals surface area contributed by atoms with Crippen molar-refractivity contribution in [1.29, 1.82) is 0 Å². The maximum Gasteiger partial charge on any atom is 0.243 e. The predicted molar refractivity (Wildman–Crippen MR) is 85.8 cm³/mol. The third-order valence-corrected chi connectivity index (χ3v) is 6.35. The van der Waals surface area contributed by atoms with Gasteiger partial charge in [-0.1, -0.05) is 0 Å². The van der Waals surface area contributed by atoms with E-state index >= 15 is 0 Å². The van der Waals surface area contributed by atoms with Gasteiger partial charge in [0.1, 0.15) is 0 Å². The Bertz CT molecular complexity index is 628. The monoisotopic (exact) mass is 311 g/mol. The summed E-state index contributed by atoms with van der Waals surface area (Å²) in [6.07, 6.45) is 1.93. The predicted octanol–water partition coefficient (Wildman–Crippen LogP) is 1.60. The van der Waals surface area contributed by atoms with Crippen molar-refractivity contribution in [2.24, 2.45) is 0 Å². The van der Waals surface area contributed by atoms with Gasteiger partial charge in [-0.2, -0.15) is 4.31 Å². The van der Waals surface area contributed by atoms with Crippen LogP contribution in [0, 0.1) is 13.8 Å². The van der Waals surface area contributed by atoms with Crippen LogP contribution in [0.2, 0.25) is 0 Å². The number of nitrogen functional groups attached to an aromatic ring is 1. The Balaban J connectivity index is 2.37. The van der Waals surface area contributed by atoms with Gasteiger partial charge in [-0.05, 0) is 63.5 Å². The molecule has 1 aliphatic heterocycles. The lowest BCUT2D eigenvalue weighted by Crippen LogP contribution is -2.47. The second-order valence-electron chi connectivity index (χ2n) is 6.06. The lowest BCUT2D eigenvalue weighted by Gasteiger charge is -2.35. The minimum Gasteiger partial charge on any atom is -0.398 e. The van der Waals surface area contributed by atoms with E-state index in [1.807, 2.05) is 20.0 Å². The second kappa shape index (κ2) is 5.94. The van der Waals surface area contributed by atoms with Gasteiger partial charge in [0.2, 0.25) is 10.0 Å². The van der Waals surface area contributed by atoms with Gasteiger partial charge in [0.25, 0.3) is 0 Å². The van der Waals surface area contributed by atoms with Crippen molar-refractivity contribution in [2.45, 2.75) is 37.6 Å². The van der Waals surface area contributed by atoms with Gasteiger partial charge in [-0.3, -0.25) is 0 Å². The first-order valence-corrected chi connectivity index (χ1v) is 8.71. The molecule has 1 aromatic rings. The topological polar surface area (TPSA) is 66.6 Å². The molecule has 1 heterocycles.